The number of aromatic hydroxyl groups is 1. The summed E-state index contributed by atoms with van der Waals surface area (Å²) in [6.07, 6.45) is 1.23. The summed E-state index contributed by atoms with van der Waals surface area (Å²) in [6.45, 7) is 1.71. The molecule has 1 fully saturated rings. The maximum atomic E-state index is 12.6. The molecule has 2 aliphatic rings. The fourth-order valence-electron chi connectivity index (χ4n) is 3.54. The van der Waals surface area contributed by atoms with E-state index in [1.165, 1.54) is 12.7 Å². The average molecular weight is 355 g/mol. The van der Waals surface area contributed by atoms with Gasteiger partial charge in [0.2, 0.25) is 12.7 Å². The number of carbonyl (C=O) groups is 1. The summed E-state index contributed by atoms with van der Waals surface area (Å²) in [4.78, 5) is 14.5. The molecule has 2 aromatic rings. The van der Waals surface area contributed by atoms with Gasteiger partial charge in [-0.2, -0.15) is 0 Å². The second-order valence-corrected chi connectivity index (χ2v) is 6.62. The van der Waals surface area contributed by atoms with Gasteiger partial charge in [-0.25, -0.2) is 0 Å². The third kappa shape index (κ3) is 3.14. The Morgan fingerprint density at radius 1 is 1.23 bits per heavy atom. The lowest BCUT2D eigenvalue weighted by Gasteiger charge is -2.17. The maximum Gasteiger partial charge on any atom is 0.231 e. The maximum absolute atomic E-state index is 12.6. The summed E-state index contributed by atoms with van der Waals surface area (Å²) in [6, 6.07) is 11.0. The van der Waals surface area contributed by atoms with Gasteiger partial charge >= 0.3 is 0 Å². The smallest absolute Gasteiger partial charge is 0.231 e. The number of hydrogen-bond donors (Lipinski definition) is 1. The molecule has 6 heteroatoms. The van der Waals surface area contributed by atoms with Crippen LogP contribution >= 0.6 is 0 Å². The van der Waals surface area contributed by atoms with Crippen LogP contribution in [0.1, 0.15) is 23.5 Å². The van der Waals surface area contributed by atoms with Gasteiger partial charge in [-0.3, -0.25) is 4.79 Å². The van der Waals surface area contributed by atoms with Crippen LogP contribution < -0.4 is 14.2 Å². The summed E-state index contributed by atoms with van der Waals surface area (Å²) in [5, 5.41) is 9.67. The van der Waals surface area contributed by atoms with E-state index in [9.17, 15) is 9.90 Å². The molecule has 6 nitrogen and oxygen atoms in total. The molecule has 26 heavy (non-hydrogen) atoms. The molecule has 0 bridgehead atoms. The Hall–Kier alpha value is -2.89. The highest BCUT2D eigenvalue weighted by Gasteiger charge is 2.28. The average Bonchev–Trinajstić information content (AvgIpc) is 3.31. The highest BCUT2D eigenvalue weighted by atomic mass is 16.7. The van der Waals surface area contributed by atoms with Crippen molar-refractivity contribution in [3.63, 3.8) is 0 Å². The first kappa shape index (κ1) is 16.6. The van der Waals surface area contributed by atoms with Crippen molar-refractivity contribution in [3.05, 3.63) is 47.5 Å². The zero-order valence-corrected chi connectivity index (χ0v) is 14.6. The van der Waals surface area contributed by atoms with E-state index in [0.717, 1.165) is 30.0 Å². The monoisotopic (exact) mass is 355 g/mol. The second-order valence-electron chi connectivity index (χ2n) is 6.62. The summed E-state index contributed by atoms with van der Waals surface area (Å²) in [5.74, 6) is 2.41. The van der Waals surface area contributed by atoms with E-state index < -0.39 is 0 Å². The number of phenolic OH excluding ortho intramolecular Hbond substituents is 1. The van der Waals surface area contributed by atoms with Crippen LogP contribution in [0.3, 0.4) is 0 Å². The Kier molecular flexibility index (Phi) is 4.32. The Balaban J connectivity index is 1.41. The van der Waals surface area contributed by atoms with Crippen LogP contribution in [-0.4, -0.2) is 42.9 Å². The van der Waals surface area contributed by atoms with E-state index in [0.29, 0.717) is 24.6 Å². The van der Waals surface area contributed by atoms with E-state index in [4.69, 9.17) is 14.2 Å². The largest absolute Gasteiger partial charge is 0.504 e. The predicted octanol–water partition coefficient (Wildman–Crippen LogP) is 2.69. The van der Waals surface area contributed by atoms with Crippen molar-refractivity contribution in [1.29, 1.82) is 0 Å². The fourth-order valence-corrected chi connectivity index (χ4v) is 3.54. The van der Waals surface area contributed by atoms with Gasteiger partial charge in [-0.15, -0.1) is 0 Å². The van der Waals surface area contributed by atoms with Crippen molar-refractivity contribution in [2.24, 2.45) is 0 Å². The molecule has 4 rings (SSSR count). The number of nitrogens with zero attached hydrogens (tertiary/aromatic N) is 1. The molecule has 0 aromatic heterocycles. The predicted molar refractivity (Wildman–Crippen MR) is 94.9 cm³/mol. The van der Waals surface area contributed by atoms with Gasteiger partial charge < -0.3 is 24.2 Å². The molecule has 0 aliphatic carbocycles. The number of carbonyl (C=O) groups excluding carboxylic acids is 1. The molecule has 0 spiro atoms. The number of amides is 1. The van der Waals surface area contributed by atoms with Crippen molar-refractivity contribution in [2.75, 3.05) is 27.0 Å². The van der Waals surface area contributed by atoms with Crippen molar-refractivity contribution in [3.8, 4) is 23.0 Å². The van der Waals surface area contributed by atoms with E-state index in [1.807, 2.05) is 17.0 Å². The number of rotatable bonds is 4. The molecule has 2 heterocycles. The minimum atomic E-state index is 0.0766. The van der Waals surface area contributed by atoms with Crippen LogP contribution in [0.15, 0.2) is 36.4 Å². The Labute approximate surface area is 151 Å². The molecular weight excluding hydrogens is 334 g/mol. The van der Waals surface area contributed by atoms with Gasteiger partial charge in [-0.1, -0.05) is 12.1 Å². The van der Waals surface area contributed by atoms with Crippen molar-refractivity contribution < 1.29 is 24.1 Å². The number of hydrogen-bond acceptors (Lipinski definition) is 5. The molecule has 136 valence electrons. The molecule has 2 aromatic carbocycles. The van der Waals surface area contributed by atoms with Crippen molar-refractivity contribution >= 4 is 5.91 Å². The summed E-state index contributed by atoms with van der Waals surface area (Å²) < 4.78 is 15.9. The van der Waals surface area contributed by atoms with Crippen LogP contribution in [0.5, 0.6) is 23.0 Å². The third-order valence-electron chi connectivity index (χ3n) is 5.01. The molecule has 1 saturated heterocycles. The first-order chi connectivity index (χ1) is 12.6. The number of benzene rings is 2. The number of methoxy groups -OCH3 is 1. The van der Waals surface area contributed by atoms with E-state index in [1.54, 1.807) is 18.2 Å². The van der Waals surface area contributed by atoms with Gasteiger partial charge in [0.15, 0.2) is 23.0 Å². The minimum Gasteiger partial charge on any atom is -0.504 e. The molecule has 1 atom stereocenters. The highest BCUT2D eigenvalue weighted by Crippen LogP contribution is 2.37. The van der Waals surface area contributed by atoms with Crippen molar-refractivity contribution in [2.45, 2.75) is 18.8 Å². The minimum absolute atomic E-state index is 0.0766. The number of fused-ring (bicyclic) bond motifs is 1. The molecule has 2 aliphatic heterocycles. The molecule has 1 N–H and O–H groups in total. The van der Waals surface area contributed by atoms with Gasteiger partial charge in [0.1, 0.15) is 0 Å². The molecular formula is C20H21NO5. The van der Waals surface area contributed by atoms with Gasteiger partial charge in [0.05, 0.1) is 13.5 Å². The van der Waals surface area contributed by atoms with E-state index in [-0.39, 0.29) is 18.4 Å². The summed E-state index contributed by atoms with van der Waals surface area (Å²) >= 11 is 0. The summed E-state index contributed by atoms with van der Waals surface area (Å²) in [7, 11) is 1.50. The first-order valence-electron chi connectivity index (χ1n) is 8.67. The normalized spacial score (nSPS) is 18.2. The Morgan fingerprint density at radius 2 is 2.08 bits per heavy atom. The van der Waals surface area contributed by atoms with Gasteiger partial charge in [0.25, 0.3) is 0 Å². The fraction of sp³-hybridized carbons (Fsp3) is 0.350. The summed E-state index contributed by atoms with van der Waals surface area (Å²) in [5.41, 5.74) is 2.01. The van der Waals surface area contributed by atoms with Gasteiger partial charge in [0, 0.05) is 19.0 Å². The second kappa shape index (κ2) is 6.78. The lowest BCUT2D eigenvalue weighted by Crippen LogP contribution is -2.29. The van der Waals surface area contributed by atoms with Crippen LogP contribution in [0.25, 0.3) is 0 Å². The van der Waals surface area contributed by atoms with Crippen LogP contribution in [0, 0.1) is 0 Å². The Bertz CT molecular complexity index is 835. The molecule has 0 unspecified atom stereocenters. The SMILES string of the molecule is COc1cc(CC(=O)N2CC[C@@H](c3ccc4c(c3)OCO4)C2)ccc1O. The zero-order chi connectivity index (χ0) is 18.1. The standard InChI is InChI=1S/C20H21NO5/c1-24-18-8-13(2-4-16(18)22)9-20(23)21-7-6-15(11-21)14-3-5-17-19(10-14)26-12-25-17/h2-5,8,10,15,22H,6-7,9,11-12H2,1H3/t15-/m1/s1. The molecule has 1 amide bonds. The highest BCUT2D eigenvalue weighted by molar-refractivity contribution is 5.79. The van der Waals surface area contributed by atoms with Crippen LogP contribution in [0.2, 0.25) is 0 Å². The van der Waals surface area contributed by atoms with E-state index >= 15 is 0 Å². The van der Waals surface area contributed by atoms with Crippen molar-refractivity contribution in [1.82, 2.24) is 4.90 Å². The van der Waals surface area contributed by atoms with Gasteiger partial charge in [-0.05, 0) is 41.8 Å². The zero-order valence-electron chi connectivity index (χ0n) is 14.6. The lowest BCUT2D eigenvalue weighted by atomic mass is 9.98. The van der Waals surface area contributed by atoms with E-state index in [2.05, 4.69) is 6.07 Å². The quantitative estimate of drug-likeness (QED) is 0.913. The Morgan fingerprint density at radius 3 is 2.92 bits per heavy atom. The topological polar surface area (TPSA) is 68.2 Å². The third-order valence-corrected chi connectivity index (χ3v) is 5.01. The molecule has 0 radical (unpaired) electrons. The molecule has 0 saturated carbocycles. The number of ether oxygens (including phenoxy) is 3. The number of phenols is 1. The lowest BCUT2D eigenvalue weighted by molar-refractivity contribution is -0.129. The van der Waals surface area contributed by atoms with Crippen LogP contribution in [0.4, 0.5) is 0 Å². The first-order valence-corrected chi connectivity index (χ1v) is 8.67. The van der Waals surface area contributed by atoms with Crippen LogP contribution in [-0.2, 0) is 11.2 Å². The number of likely N-dealkylation sites (tertiary alicyclic amines) is 1.